The van der Waals surface area contributed by atoms with Crippen LogP contribution < -0.4 is 16.0 Å². The summed E-state index contributed by atoms with van der Waals surface area (Å²) in [6.07, 6.45) is 10.5. The molecule has 49 heavy (non-hydrogen) atoms. The van der Waals surface area contributed by atoms with Crippen molar-refractivity contribution in [2.75, 3.05) is 5.75 Å². The van der Waals surface area contributed by atoms with Gasteiger partial charge in [0.2, 0.25) is 5.91 Å². The predicted molar refractivity (Wildman–Crippen MR) is 194 cm³/mol. The van der Waals surface area contributed by atoms with E-state index >= 15 is 0 Å². The number of benzene rings is 2. The molecule has 2 bridgehead atoms. The number of amides is 3. The lowest BCUT2D eigenvalue weighted by atomic mass is 9.98. The Labute approximate surface area is 295 Å². The van der Waals surface area contributed by atoms with E-state index in [4.69, 9.17) is 4.74 Å². The lowest BCUT2D eigenvalue weighted by molar-refractivity contribution is -0.151. The van der Waals surface area contributed by atoms with Gasteiger partial charge in [0.25, 0.3) is 11.8 Å². The van der Waals surface area contributed by atoms with Crippen LogP contribution in [0.5, 0.6) is 0 Å². The summed E-state index contributed by atoms with van der Waals surface area (Å²) in [6, 6.07) is 12.3. The summed E-state index contributed by atoms with van der Waals surface area (Å²) < 4.78 is 5.90. The van der Waals surface area contributed by atoms with Crippen LogP contribution in [0.25, 0.3) is 10.8 Å². The monoisotopic (exact) mass is 704 g/mol. The molecule has 4 rings (SSSR count). The van der Waals surface area contributed by atoms with E-state index < -0.39 is 29.9 Å². The first kappa shape index (κ1) is 37.5. The minimum Gasteiger partial charge on any atom is -0.456 e. The van der Waals surface area contributed by atoms with Crippen molar-refractivity contribution in [3.63, 3.8) is 0 Å². The molecule has 1 aliphatic heterocycles. The first-order chi connectivity index (χ1) is 23.8. The van der Waals surface area contributed by atoms with Gasteiger partial charge in [0.05, 0.1) is 13.0 Å². The van der Waals surface area contributed by atoms with Crippen molar-refractivity contribution in [2.45, 2.75) is 90.3 Å². The van der Waals surface area contributed by atoms with Crippen molar-refractivity contribution in [1.82, 2.24) is 20.9 Å². The van der Waals surface area contributed by atoms with Gasteiger partial charge in [-0.3, -0.25) is 19.2 Å². The van der Waals surface area contributed by atoms with Gasteiger partial charge in [0.15, 0.2) is 5.12 Å². The van der Waals surface area contributed by atoms with Crippen molar-refractivity contribution in [3.05, 3.63) is 88.0 Å². The highest BCUT2D eigenvalue weighted by Gasteiger charge is 2.29. The normalized spacial score (nSPS) is 18.7. The number of cyclic esters (lactones) is 1. The molecule has 2 heterocycles. The van der Waals surface area contributed by atoms with Crippen molar-refractivity contribution in [3.8, 4) is 0 Å². The zero-order chi connectivity index (χ0) is 35.0. The second-order valence-electron chi connectivity index (χ2n) is 11.7. The summed E-state index contributed by atoms with van der Waals surface area (Å²) in [5.74, 6) is -1.80. The fourth-order valence-electron chi connectivity index (χ4n) is 5.31. The Hall–Kier alpha value is -4.29. The molecule has 0 unspecified atom stereocenters. The number of aromatic nitrogens is 1. The summed E-state index contributed by atoms with van der Waals surface area (Å²) in [5.41, 5.74) is 0.877. The Morgan fingerprint density at radius 3 is 2.65 bits per heavy atom. The number of fused-ring (bicyclic) bond motifs is 3. The molecule has 2 atom stereocenters. The minimum atomic E-state index is -1.14. The molecule has 0 aliphatic carbocycles. The van der Waals surface area contributed by atoms with Crippen LogP contribution in [0.2, 0.25) is 0 Å². The van der Waals surface area contributed by atoms with E-state index in [-0.39, 0.29) is 41.8 Å². The van der Waals surface area contributed by atoms with E-state index in [1.165, 1.54) is 35.6 Å². The van der Waals surface area contributed by atoms with E-state index in [2.05, 4.69) is 27.9 Å². The van der Waals surface area contributed by atoms with Gasteiger partial charge in [0.1, 0.15) is 28.5 Å². The largest absolute Gasteiger partial charge is 0.456 e. The number of unbranched alkanes of at least 4 members (excludes halogenated alkanes) is 4. The van der Waals surface area contributed by atoms with Gasteiger partial charge < -0.3 is 20.7 Å². The number of ether oxygens (including phenoxy) is 1. The van der Waals surface area contributed by atoms with Crippen molar-refractivity contribution < 1.29 is 28.7 Å². The maximum absolute atomic E-state index is 13.8. The zero-order valence-corrected chi connectivity index (χ0v) is 29.6. The zero-order valence-electron chi connectivity index (χ0n) is 28.0. The molecule has 0 fully saturated rings. The Morgan fingerprint density at radius 1 is 1.04 bits per heavy atom. The molecule has 260 valence electrons. The van der Waals surface area contributed by atoms with Gasteiger partial charge in [-0.2, -0.15) is 0 Å². The summed E-state index contributed by atoms with van der Waals surface area (Å²) in [5, 5.41) is 12.2. The smallest absolute Gasteiger partial charge is 0.329 e. The summed E-state index contributed by atoms with van der Waals surface area (Å²) >= 11 is 2.49. The first-order valence-electron chi connectivity index (χ1n) is 16.8. The highest BCUT2D eigenvalue weighted by atomic mass is 32.2. The number of nitrogens with one attached hydrogen (secondary N) is 3. The minimum absolute atomic E-state index is 0.0416. The number of thiazole rings is 1. The van der Waals surface area contributed by atoms with Crippen LogP contribution in [0.15, 0.2) is 71.8 Å². The molecule has 3 aromatic rings. The standard InChI is InChI=1S/C37H44N4O6S2/c1-3-5-6-7-8-19-34(43)48-20-12-11-17-27-22-32(42)38-23-33-39-31(24-49-33)36(45)40-29(4-2)35(44)41-30(37(46)47-27)21-26-16-13-15-25-14-9-10-18-28(25)26/h4,9-11,13-18,24,27,30H,3,5-8,12,19-23H2,1-2H3,(H,38,42)(H,40,45)(H,41,44)/t27-,30+/m1/s1. The maximum atomic E-state index is 13.8. The fourth-order valence-corrected chi connectivity index (χ4v) is 6.79. The van der Waals surface area contributed by atoms with Gasteiger partial charge in [-0.05, 0) is 42.2 Å². The van der Waals surface area contributed by atoms with Gasteiger partial charge >= 0.3 is 5.97 Å². The number of allylic oxidation sites excluding steroid dienone is 2. The number of esters is 1. The third kappa shape index (κ3) is 12.0. The average Bonchev–Trinajstić information content (AvgIpc) is 3.58. The highest BCUT2D eigenvalue weighted by Crippen LogP contribution is 2.21. The lowest BCUT2D eigenvalue weighted by Crippen LogP contribution is -2.47. The highest BCUT2D eigenvalue weighted by molar-refractivity contribution is 8.13. The Balaban J connectivity index is 1.53. The van der Waals surface area contributed by atoms with Crippen LogP contribution in [-0.4, -0.2) is 51.7 Å². The Morgan fingerprint density at radius 2 is 1.84 bits per heavy atom. The van der Waals surface area contributed by atoms with Gasteiger partial charge in [0, 0.05) is 24.0 Å². The van der Waals surface area contributed by atoms with Crippen molar-refractivity contribution in [2.24, 2.45) is 0 Å². The van der Waals surface area contributed by atoms with E-state index in [1.54, 1.807) is 18.4 Å². The van der Waals surface area contributed by atoms with Gasteiger partial charge in [-0.25, -0.2) is 9.78 Å². The fraction of sp³-hybridized carbons (Fsp3) is 0.405. The van der Waals surface area contributed by atoms with Crippen LogP contribution in [0.1, 0.15) is 86.3 Å². The molecule has 1 aromatic heterocycles. The maximum Gasteiger partial charge on any atom is 0.329 e. The molecule has 0 saturated heterocycles. The van der Waals surface area contributed by atoms with Gasteiger partial charge in [-0.1, -0.05) is 99.0 Å². The van der Waals surface area contributed by atoms with E-state index in [1.807, 2.05) is 48.5 Å². The second kappa shape index (κ2) is 19.6. The number of carbonyl (C=O) groups excluding carboxylic acids is 5. The van der Waals surface area contributed by atoms with Crippen molar-refractivity contribution >= 4 is 62.7 Å². The predicted octanol–water partition coefficient (Wildman–Crippen LogP) is 6.16. The molecule has 12 heteroatoms. The van der Waals surface area contributed by atoms with Crippen LogP contribution in [0.3, 0.4) is 0 Å². The van der Waals surface area contributed by atoms with E-state index in [0.29, 0.717) is 23.6 Å². The second-order valence-corrected chi connectivity index (χ2v) is 13.8. The molecule has 3 N–H and O–H groups in total. The third-order valence-electron chi connectivity index (χ3n) is 7.93. The Bertz CT molecular complexity index is 1680. The number of rotatable bonds is 12. The average molecular weight is 705 g/mol. The van der Waals surface area contributed by atoms with Crippen LogP contribution >= 0.6 is 23.1 Å². The number of hydrogen-bond donors (Lipinski definition) is 3. The molecule has 1 aliphatic rings. The molecular weight excluding hydrogens is 661 g/mol. The topological polar surface area (TPSA) is 144 Å². The number of hydrogen-bond acceptors (Lipinski definition) is 9. The summed E-state index contributed by atoms with van der Waals surface area (Å²) in [7, 11) is 0. The van der Waals surface area contributed by atoms with E-state index in [0.717, 1.165) is 42.0 Å². The Kier molecular flexibility index (Phi) is 15.0. The van der Waals surface area contributed by atoms with Gasteiger partial charge in [-0.15, -0.1) is 11.3 Å². The molecule has 2 aromatic carbocycles. The van der Waals surface area contributed by atoms with Crippen LogP contribution in [-0.2, 0) is 36.9 Å². The molecule has 3 amide bonds. The molecule has 0 saturated carbocycles. The third-order valence-corrected chi connectivity index (χ3v) is 9.75. The van der Waals surface area contributed by atoms with Crippen LogP contribution in [0, 0.1) is 0 Å². The number of carbonyl (C=O) groups is 5. The molecule has 10 nitrogen and oxygen atoms in total. The number of thioether (sulfide) groups is 1. The first-order valence-corrected chi connectivity index (χ1v) is 18.6. The molecule has 0 radical (unpaired) electrons. The quantitative estimate of drug-likeness (QED) is 0.0882. The number of nitrogens with zero attached hydrogens (tertiary/aromatic N) is 1. The molecular formula is C37H44N4O6S2. The molecule has 0 spiro atoms. The summed E-state index contributed by atoms with van der Waals surface area (Å²) in [4.78, 5) is 69.8. The SMILES string of the molecule is CC=C1NC(=O)c2csc(n2)CNC(=O)C[C@@H](C=CCCSC(=O)CCCCCCC)OC(=O)[C@H](Cc2cccc3ccccc23)NC1=O. The summed E-state index contributed by atoms with van der Waals surface area (Å²) in [6.45, 7) is 3.85. The van der Waals surface area contributed by atoms with Crippen molar-refractivity contribution in [1.29, 1.82) is 0 Å². The lowest BCUT2D eigenvalue weighted by Gasteiger charge is -2.22. The van der Waals surface area contributed by atoms with Crippen LogP contribution in [0.4, 0.5) is 0 Å². The van der Waals surface area contributed by atoms with E-state index in [9.17, 15) is 24.0 Å².